The number of benzene rings is 2. The highest BCUT2D eigenvalue weighted by atomic mass is 16.5. The van der Waals surface area contributed by atoms with Gasteiger partial charge in [-0.05, 0) is 11.6 Å². The summed E-state index contributed by atoms with van der Waals surface area (Å²) in [4.78, 5) is 0. The second-order valence-electron chi connectivity index (χ2n) is 4.99. The van der Waals surface area contributed by atoms with Gasteiger partial charge in [0.15, 0.2) is 0 Å². The Labute approximate surface area is 124 Å². The Balaban J connectivity index is 1.84. The first-order chi connectivity index (χ1) is 10.3. The number of para-hydroxylation sites is 1. The van der Waals surface area contributed by atoms with Gasteiger partial charge in [-0.2, -0.15) is 5.26 Å². The van der Waals surface area contributed by atoms with Crippen molar-refractivity contribution >= 4 is 10.9 Å². The summed E-state index contributed by atoms with van der Waals surface area (Å²) in [5.74, 6) is 0. The van der Waals surface area contributed by atoms with Crippen LogP contribution in [0.25, 0.3) is 10.9 Å². The SMILES string of the molecule is Cn1c(COCc2ccccc2)c(C#N)c2ccccc21. The Morgan fingerprint density at radius 3 is 2.48 bits per heavy atom. The van der Waals surface area contributed by atoms with Crippen molar-refractivity contribution in [2.45, 2.75) is 13.2 Å². The minimum Gasteiger partial charge on any atom is -0.371 e. The molecule has 3 aromatic rings. The molecule has 3 heteroatoms. The molecule has 0 saturated carbocycles. The lowest BCUT2D eigenvalue weighted by Gasteiger charge is -2.07. The van der Waals surface area contributed by atoms with Crippen LogP contribution in [0.5, 0.6) is 0 Å². The van der Waals surface area contributed by atoms with E-state index in [1.54, 1.807) is 0 Å². The third-order valence-corrected chi connectivity index (χ3v) is 3.69. The first-order valence-electron chi connectivity index (χ1n) is 6.89. The maximum atomic E-state index is 9.43. The van der Waals surface area contributed by atoms with Gasteiger partial charge in [-0.25, -0.2) is 0 Å². The molecule has 104 valence electrons. The van der Waals surface area contributed by atoms with Crippen LogP contribution in [0.2, 0.25) is 0 Å². The quantitative estimate of drug-likeness (QED) is 0.727. The number of hydrogen-bond acceptors (Lipinski definition) is 2. The summed E-state index contributed by atoms with van der Waals surface area (Å²) >= 11 is 0. The Morgan fingerprint density at radius 2 is 1.71 bits per heavy atom. The first-order valence-corrected chi connectivity index (χ1v) is 6.89. The smallest absolute Gasteiger partial charge is 0.102 e. The lowest BCUT2D eigenvalue weighted by molar-refractivity contribution is 0.103. The van der Waals surface area contributed by atoms with Gasteiger partial charge < -0.3 is 9.30 Å². The number of nitrogens with zero attached hydrogens (tertiary/aromatic N) is 2. The van der Waals surface area contributed by atoms with Crippen molar-refractivity contribution in [3.8, 4) is 6.07 Å². The standard InChI is InChI=1S/C18H16N2O/c1-20-17-10-6-5-9-15(17)16(11-19)18(20)13-21-12-14-7-3-2-4-8-14/h2-10H,12-13H2,1H3. The van der Waals surface area contributed by atoms with Crippen LogP contribution in [-0.4, -0.2) is 4.57 Å². The number of fused-ring (bicyclic) bond motifs is 1. The lowest BCUT2D eigenvalue weighted by atomic mass is 10.1. The fourth-order valence-corrected chi connectivity index (χ4v) is 2.58. The van der Waals surface area contributed by atoms with Gasteiger partial charge in [0.1, 0.15) is 6.07 Å². The molecule has 0 spiro atoms. The molecule has 0 aliphatic carbocycles. The lowest BCUT2D eigenvalue weighted by Crippen LogP contribution is -2.01. The van der Waals surface area contributed by atoms with Crippen molar-refractivity contribution in [2.24, 2.45) is 7.05 Å². The van der Waals surface area contributed by atoms with Crippen molar-refractivity contribution in [3.63, 3.8) is 0 Å². The van der Waals surface area contributed by atoms with Crippen molar-refractivity contribution in [2.75, 3.05) is 0 Å². The van der Waals surface area contributed by atoms with Crippen LogP contribution in [0, 0.1) is 11.3 Å². The molecule has 0 N–H and O–H groups in total. The van der Waals surface area contributed by atoms with Crippen LogP contribution < -0.4 is 0 Å². The molecule has 0 amide bonds. The number of ether oxygens (including phenoxy) is 1. The zero-order valence-corrected chi connectivity index (χ0v) is 11.9. The number of rotatable bonds is 4. The predicted octanol–water partition coefficient (Wildman–Crippen LogP) is 3.77. The van der Waals surface area contributed by atoms with Gasteiger partial charge in [0, 0.05) is 18.0 Å². The van der Waals surface area contributed by atoms with Crippen molar-refractivity contribution in [1.82, 2.24) is 4.57 Å². The summed E-state index contributed by atoms with van der Waals surface area (Å²) in [6.07, 6.45) is 0. The van der Waals surface area contributed by atoms with E-state index in [1.807, 2.05) is 66.2 Å². The van der Waals surface area contributed by atoms with Crippen LogP contribution in [0.15, 0.2) is 54.6 Å². The van der Waals surface area contributed by atoms with Gasteiger partial charge in [-0.15, -0.1) is 0 Å². The average Bonchev–Trinajstić information content (AvgIpc) is 2.81. The molecule has 3 nitrogen and oxygen atoms in total. The summed E-state index contributed by atoms with van der Waals surface area (Å²) in [5, 5.41) is 10.4. The molecule has 0 bridgehead atoms. The maximum absolute atomic E-state index is 9.43. The van der Waals surface area contributed by atoms with E-state index in [2.05, 4.69) is 6.07 Å². The third-order valence-electron chi connectivity index (χ3n) is 3.69. The van der Waals surface area contributed by atoms with Gasteiger partial charge in [0.2, 0.25) is 0 Å². The summed E-state index contributed by atoms with van der Waals surface area (Å²) < 4.78 is 7.83. The van der Waals surface area contributed by atoms with E-state index < -0.39 is 0 Å². The van der Waals surface area contributed by atoms with E-state index >= 15 is 0 Å². The Morgan fingerprint density at radius 1 is 1.00 bits per heavy atom. The number of aromatic nitrogens is 1. The molecule has 3 rings (SSSR count). The molecular formula is C18H16N2O. The van der Waals surface area contributed by atoms with Gasteiger partial charge in [-0.3, -0.25) is 0 Å². The molecule has 0 atom stereocenters. The highest BCUT2D eigenvalue weighted by Crippen LogP contribution is 2.25. The van der Waals surface area contributed by atoms with Crippen molar-refractivity contribution < 1.29 is 4.74 Å². The fraction of sp³-hybridized carbons (Fsp3) is 0.167. The Bertz CT molecular complexity index is 797. The topological polar surface area (TPSA) is 38.0 Å². The molecule has 0 aliphatic heterocycles. The summed E-state index contributed by atoms with van der Waals surface area (Å²) in [7, 11) is 1.98. The van der Waals surface area contributed by atoms with Crippen molar-refractivity contribution in [1.29, 1.82) is 5.26 Å². The predicted molar refractivity (Wildman–Crippen MR) is 82.6 cm³/mol. The molecule has 1 aromatic heterocycles. The molecule has 0 fully saturated rings. The average molecular weight is 276 g/mol. The van der Waals surface area contributed by atoms with Crippen LogP contribution >= 0.6 is 0 Å². The summed E-state index contributed by atoms with van der Waals surface area (Å²) in [6.45, 7) is 0.982. The molecule has 0 saturated heterocycles. The fourth-order valence-electron chi connectivity index (χ4n) is 2.58. The molecule has 2 aromatic carbocycles. The first kappa shape index (κ1) is 13.4. The number of aryl methyl sites for hydroxylation is 1. The van der Waals surface area contributed by atoms with Gasteiger partial charge >= 0.3 is 0 Å². The van der Waals surface area contributed by atoms with E-state index in [9.17, 15) is 5.26 Å². The summed E-state index contributed by atoms with van der Waals surface area (Å²) in [5.41, 5.74) is 3.83. The van der Waals surface area contributed by atoms with Gasteiger partial charge in [0.05, 0.1) is 24.5 Å². The zero-order chi connectivity index (χ0) is 14.7. The zero-order valence-electron chi connectivity index (χ0n) is 11.9. The van der Waals surface area contributed by atoms with E-state index in [0.717, 1.165) is 22.2 Å². The van der Waals surface area contributed by atoms with Crippen LogP contribution in [0.3, 0.4) is 0 Å². The highest BCUT2D eigenvalue weighted by molar-refractivity contribution is 5.87. The van der Waals surface area contributed by atoms with E-state index in [-0.39, 0.29) is 0 Å². The van der Waals surface area contributed by atoms with E-state index in [4.69, 9.17) is 4.74 Å². The second-order valence-corrected chi connectivity index (χ2v) is 4.99. The maximum Gasteiger partial charge on any atom is 0.102 e. The van der Waals surface area contributed by atoms with Crippen LogP contribution in [-0.2, 0) is 25.0 Å². The number of hydrogen-bond donors (Lipinski definition) is 0. The second kappa shape index (κ2) is 5.82. The van der Waals surface area contributed by atoms with E-state index in [0.29, 0.717) is 18.8 Å². The van der Waals surface area contributed by atoms with E-state index in [1.165, 1.54) is 0 Å². The third kappa shape index (κ3) is 2.54. The van der Waals surface area contributed by atoms with Crippen LogP contribution in [0.1, 0.15) is 16.8 Å². The molecular weight excluding hydrogens is 260 g/mol. The van der Waals surface area contributed by atoms with Gasteiger partial charge in [0.25, 0.3) is 0 Å². The summed E-state index contributed by atoms with van der Waals surface area (Å²) in [6, 6.07) is 20.3. The number of nitriles is 1. The molecule has 0 aliphatic rings. The van der Waals surface area contributed by atoms with Crippen molar-refractivity contribution in [3.05, 3.63) is 71.4 Å². The monoisotopic (exact) mass is 276 g/mol. The van der Waals surface area contributed by atoms with Crippen LogP contribution in [0.4, 0.5) is 0 Å². The molecule has 1 heterocycles. The minimum atomic E-state index is 0.433. The normalized spacial score (nSPS) is 10.7. The highest BCUT2D eigenvalue weighted by Gasteiger charge is 2.14. The van der Waals surface area contributed by atoms with Gasteiger partial charge in [-0.1, -0.05) is 48.5 Å². The minimum absolute atomic E-state index is 0.433. The molecule has 0 radical (unpaired) electrons. The largest absolute Gasteiger partial charge is 0.371 e. The Hall–Kier alpha value is -2.57. The molecule has 21 heavy (non-hydrogen) atoms. The molecule has 0 unspecified atom stereocenters. The Kier molecular flexibility index (Phi) is 3.72.